The van der Waals surface area contributed by atoms with Crippen LogP contribution in [0.4, 0.5) is 0 Å². The molecule has 26 heavy (non-hydrogen) atoms. The van der Waals surface area contributed by atoms with Crippen LogP contribution in [0.2, 0.25) is 5.15 Å². The van der Waals surface area contributed by atoms with Crippen molar-refractivity contribution >= 4 is 22.6 Å². The number of rotatable bonds is 5. The van der Waals surface area contributed by atoms with Gasteiger partial charge in [-0.3, -0.25) is 4.98 Å². The number of aromatic nitrogens is 4. The summed E-state index contributed by atoms with van der Waals surface area (Å²) in [5.74, 6) is 0. The van der Waals surface area contributed by atoms with Crippen molar-refractivity contribution in [1.82, 2.24) is 19.9 Å². The van der Waals surface area contributed by atoms with E-state index in [2.05, 4.69) is 45.1 Å². The molecule has 4 nitrogen and oxygen atoms in total. The minimum absolute atomic E-state index is 0.527. The summed E-state index contributed by atoms with van der Waals surface area (Å²) in [7, 11) is 0. The van der Waals surface area contributed by atoms with Crippen LogP contribution in [0.25, 0.3) is 11.0 Å². The maximum atomic E-state index is 5.82. The number of halogens is 1. The molecule has 0 aliphatic heterocycles. The van der Waals surface area contributed by atoms with Gasteiger partial charge >= 0.3 is 0 Å². The van der Waals surface area contributed by atoms with Crippen LogP contribution < -0.4 is 0 Å². The van der Waals surface area contributed by atoms with Crippen LogP contribution in [0, 0.1) is 6.92 Å². The van der Waals surface area contributed by atoms with E-state index in [9.17, 15) is 0 Å². The zero-order valence-electron chi connectivity index (χ0n) is 14.5. The number of aromatic amines is 1. The van der Waals surface area contributed by atoms with Gasteiger partial charge < -0.3 is 4.98 Å². The quantitative estimate of drug-likeness (QED) is 0.524. The molecule has 4 heterocycles. The zero-order valence-corrected chi connectivity index (χ0v) is 15.3. The van der Waals surface area contributed by atoms with E-state index in [4.69, 9.17) is 11.6 Å². The number of pyridine rings is 3. The van der Waals surface area contributed by atoms with Gasteiger partial charge in [0.25, 0.3) is 0 Å². The smallest absolute Gasteiger partial charge is 0.137 e. The molecule has 4 rings (SSSR count). The van der Waals surface area contributed by atoms with Crippen molar-refractivity contribution in [3.05, 3.63) is 88.2 Å². The Morgan fingerprint density at radius 2 is 1.77 bits per heavy atom. The van der Waals surface area contributed by atoms with Gasteiger partial charge in [-0.05, 0) is 60.2 Å². The summed E-state index contributed by atoms with van der Waals surface area (Å²) in [5, 5.41) is 1.71. The van der Waals surface area contributed by atoms with Crippen LogP contribution in [-0.4, -0.2) is 19.9 Å². The second-order valence-electron chi connectivity index (χ2n) is 6.55. The lowest BCUT2D eigenvalue weighted by Crippen LogP contribution is -1.96. The van der Waals surface area contributed by atoms with Gasteiger partial charge in [0.2, 0.25) is 0 Å². The Labute approximate surface area is 157 Å². The first kappa shape index (κ1) is 16.7. The maximum Gasteiger partial charge on any atom is 0.137 e. The molecule has 0 atom stereocenters. The number of nitrogens with zero attached hydrogens (tertiary/aromatic N) is 3. The summed E-state index contributed by atoms with van der Waals surface area (Å²) in [4.78, 5) is 16.4. The first-order valence-electron chi connectivity index (χ1n) is 8.64. The molecule has 0 bridgehead atoms. The molecule has 0 aliphatic rings. The third-order valence-corrected chi connectivity index (χ3v) is 4.72. The SMILES string of the molecule is Cc1cnc2[nH]cc(Cc3ccc(CCc4ccc(Cl)nc4)nc3)c2c1. The highest BCUT2D eigenvalue weighted by Gasteiger charge is 2.07. The van der Waals surface area contributed by atoms with Crippen LogP contribution in [0.3, 0.4) is 0 Å². The molecule has 4 aromatic heterocycles. The van der Waals surface area contributed by atoms with Crippen LogP contribution in [-0.2, 0) is 19.3 Å². The summed E-state index contributed by atoms with van der Waals surface area (Å²) in [6.45, 7) is 2.07. The van der Waals surface area contributed by atoms with Gasteiger partial charge in [-0.25, -0.2) is 9.97 Å². The van der Waals surface area contributed by atoms with Gasteiger partial charge in [-0.1, -0.05) is 23.7 Å². The molecule has 0 spiro atoms. The average molecular weight is 363 g/mol. The minimum atomic E-state index is 0.527. The summed E-state index contributed by atoms with van der Waals surface area (Å²) in [6, 6.07) is 10.3. The van der Waals surface area contributed by atoms with E-state index in [0.29, 0.717) is 5.15 Å². The molecule has 0 saturated heterocycles. The van der Waals surface area contributed by atoms with Crippen molar-refractivity contribution in [3.63, 3.8) is 0 Å². The standard InChI is InChI=1S/C21H19ClN4/c1-14-8-19-17(13-26-21(19)25-10-14)9-16-3-6-18(23-12-16)5-2-15-4-7-20(22)24-11-15/h3-4,6-8,10-13H,2,5,9H2,1H3,(H,25,26). The predicted molar refractivity (Wildman–Crippen MR) is 105 cm³/mol. The second kappa shape index (κ2) is 7.26. The zero-order chi connectivity index (χ0) is 17.9. The first-order chi connectivity index (χ1) is 12.7. The van der Waals surface area contributed by atoms with Gasteiger partial charge in [0.1, 0.15) is 10.8 Å². The number of fused-ring (bicyclic) bond motifs is 1. The van der Waals surface area contributed by atoms with Gasteiger partial charge in [0, 0.05) is 42.3 Å². The summed E-state index contributed by atoms with van der Waals surface area (Å²) in [5.41, 5.74) is 6.81. The van der Waals surface area contributed by atoms with Crippen LogP contribution in [0.5, 0.6) is 0 Å². The molecule has 1 N–H and O–H groups in total. The Morgan fingerprint density at radius 1 is 0.923 bits per heavy atom. The highest BCUT2D eigenvalue weighted by atomic mass is 35.5. The molecule has 130 valence electrons. The van der Waals surface area contributed by atoms with Gasteiger partial charge in [-0.15, -0.1) is 0 Å². The molecular formula is C21H19ClN4. The Hall–Kier alpha value is -2.72. The Balaban J connectivity index is 1.43. The molecule has 0 saturated carbocycles. The van der Waals surface area contributed by atoms with Crippen molar-refractivity contribution in [2.75, 3.05) is 0 Å². The van der Waals surface area contributed by atoms with Crippen molar-refractivity contribution in [2.24, 2.45) is 0 Å². The first-order valence-corrected chi connectivity index (χ1v) is 9.02. The number of hydrogen-bond donors (Lipinski definition) is 1. The normalized spacial score (nSPS) is 11.2. The second-order valence-corrected chi connectivity index (χ2v) is 6.93. The van der Waals surface area contributed by atoms with E-state index in [-0.39, 0.29) is 0 Å². The van der Waals surface area contributed by atoms with Crippen LogP contribution in [0.1, 0.15) is 27.9 Å². The topological polar surface area (TPSA) is 54.5 Å². The van der Waals surface area contributed by atoms with Crippen molar-refractivity contribution in [2.45, 2.75) is 26.2 Å². The molecule has 4 aromatic rings. The fourth-order valence-corrected chi connectivity index (χ4v) is 3.17. The van der Waals surface area contributed by atoms with E-state index < -0.39 is 0 Å². The molecule has 0 unspecified atom stereocenters. The fraction of sp³-hybridized carbons (Fsp3) is 0.190. The van der Waals surface area contributed by atoms with E-state index >= 15 is 0 Å². The van der Waals surface area contributed by atoms with Crippen LogP contribution in [0.15, 0.2) is 55.1 Å². The molecule has 0 amide bonds. The third-order valence-electron chi connectivity index (χ3n) is 4.49. The lowest BCUT2D eigenvalue weighted by Gasteiger charge is -2.04. The fourth-order valence-electron chi connectivity index (χ4n) is 3.06. The molecule has 0 fully saturated rings. The van der Waals surface area contributed by atoms with Gasteiger partial charge in [0.05, 0.1) is 0 Å². The summed E-state index contributed by atoms with van der Waals surface area (Å²) >= 11 is 5.82. The van der Waals surface area contributed by atoms with Gasteiger partial charge in [0.15, 0.2) is 0 Å². The average Bonchev–Trinajstić information content (AvgIpc) is 3.04. The highest BCUT2D eigenvalue weighted by molar-refractivity contribution is 6.29. The summed E-state index contributed by atoms with van der Waals surface area (Å²) < 4.78 is 0. The number of nitrogens with one attached hydrogen (secondary N) is 1. The highest BCUT2D eigenvalue weighted by Crippen LogP contribution is 2.20. The Kier molecular flexibility index (Phi) is 4.67. The largest absolute Gasteiger partial charge is 0.346 e. The van der Waals surface area contributed by atoms with E-state index in [1.54, 1.807) is 0 Å². The molecule has 0 aromatic carbocycles. The molecule has 0 radical (unpaired) electrons. The van der Waals surface area contributed by atoms with Crippen molar-refractivity contribution < 1.29 is 0 Å². The van der Waals surface area contributed by atoms with E-state index in [1.165, 1.54) is 27.6 Å². The monoisotopic (exact) mass is 362 g/mol. The molecule has 5 heteroatoms. The number of aryl methyl sites for hydroxylation is 3. The van der Waals surface area contributed by atoms with E-state index in [0.717, 1.165) is 30.6 Å². The van der Waals surface area contributed by atoms with Crippen molar-refractivity contribution in [1.29, 1.82) is 0 Å². The van der Waals surface area contributed by atoms with E-state index in [1.807, 2.05) is 36.9 Å². The lowest BCUT2D eigenvalue weighted by molar-refractivity contribution is 0.902. The van der Waals surface area contributed by atoms with Crippen LogP contribution >= 0.6 is 11.6 Å². The molecular weight excluding hydrogens is 344 g/mol. The summed E-state index contributed by atoms with van der Waals surface area (Å²) in [6.07, 6.45) is 10.4. The number of hydrogen-bond acceptors (Lipinski definition) is 3. The number of H-pyrrole nitrogens is 1. The van der Waals surface area contributed by atoms with Crippen molar-refractivity contribution in [3.8, 4) is 0 Å². The third kappa shape index (κ3) is 3.75. The minimum Gasteiger partial charge on any atom is -0.346 e. The lowest BCUT2D eigenvalue weighted by atomic mass is 10.0. The molecule has 0 aliphatic carbocycles. The Bertz CT molecular complexity index is 1020. The van der Waals surface area contributed by atoms with Gasteiger partial charge in [-0.2, -0.15) is 0 Å². The predicted octanol–water partition coefficient (Wildman–Crippen LogP) is 4.69. The maximum absolute atomic E-state index is 5.82. The Morgan fingerprint density at radius 3 is 2.54 bits per heavy atom.